The first-order chi connectivity index (χ1) is 8.81. The second-order valence-electron chi connectivity index (χ2n) is 5.66. The number of ketones is 1. The van der Waals surface area contributed by atoms with Gasteiger partial charge in [-0.1, -0.05) is 30.3 Å². The molecule has 1 unspecified atom stereocenters. The maximum Gasteiger partial charge on any atom is 0.153 e. The summed E-state index contributed by atoms with van der Waals surface area (Å²) in [6.07, 6.45) is 6.25. The van der Waals surface area contributed by atoms with E-state index in [0.29, 0.717) is 5.78 Å². The Kier molecular flexibility index (Phi) is 3.21. The van der Waals surface area contributed by atoms with Gasteiger partial charge < -0.3 is 0 Å². The summed E-state index contributed by atoms with van der Waals surface area (Å²) in [5.41, 5.74) is 1.14. The third-order valence-corrected chi connectivity index (χ3v) is 4.56. The number of fused-ring (bicyclic) bond motifs is 1. The minimum Gasteiger partial charge on any atom is -0.298 e. The molecule has 0 aliphatic carbocycles. The van der Waals surface area contributed by atoms with Crippen LogP contribution in [0.5, 0.6) is 0 Å². The van der Waals surface area contributed by atoms with Crippen molar-refractivity contribution in [2.75, 3.05) is 13.1 Å². The number of hydrogen-bond donors (Lipinski definition) is 0. The van der Waals surface area contributed by atoms with E-state index in [-0.39, 0.29) is 5.54 Å². The number of carbonyl (C=O) groups is 1. The molecule has 2 nitrogen and oxygen atoms in total. The molecular weight excluding hydrogens is 222 g/mol. The Bertz CT molecular complexity index is 426. The molecule has 0 amide bonds. The van der Waals surface area contributed by atoms with Crippen LogP contribution >= 0.6 is 0 Å². The quantitative estimate of drug-likeness (QED) is 0.796. The first kappa shape index (κ1) is 11.9. The highest BCUT2D eigenvalue weighted by molar-refractivity contribution is 5.89. The number of carbonyl (C=O) groups excluding carboxylic acids is 1. The monoisotopic (exact) mass is 243 g/mol. The van der Waals surface area contributed by atoms with Crippen molar-refractivity contribution in [3.63, 3.8) is 0 Å². The average Bonchev–Trinajstić information content (AvgIpc) is 2.41. The van der Waals surface area contributed by atoms with Gasteiger partial charge in [0.1, 0.15) is 0 Å². The van der Waals surface area contributed by atoms with Crippen LogP contribution in [0.15, 0.2) is 30.3 Å². The van der Waals surface area contributed by atoms with Crippen LogP contribution in [0.4, 0.5) is 0 Å². The fourth-order valence-corrected chi connectivity index (χ4v) is 3.63. The smallest absolute Gasteiger partial charge is 0.153 e. The van der Waals surface area contributed by atoms with Crippen LogP contribution < -0.4 is 0 Å². The fraction of sp³-hybridized carbons (Fsp3) is 0.562. The van der Waals surface area contributed by atoms with E-state index in [1.807, 2.05) is 6.07 Å². The number of nitrogens with zero attached hydrogens (tertiary/aromatic N) is 1. The Morgan fingerprint density at radius 2 is 1.83 bits per heavy atom. The number of benzene rings is 1. The molecule has 0 aromatic heterocycles. The SMILES string of the molecule is O=C1CCCN2CCCCC12Cc1ccccc1. The Labute approximate surface area is 109 Å². The lowest BCUT2D eigenvalue weighted by atomic mass is 9.74. The zero-order chi connectivity index (χ0) is 12.4. The maximum atomic E-state index is 12.5. The molecule has 1 atom stereocenters. The minimum absolute atomic E-state index is 0.169. The molecule has 2 heteroatoms. The molecule has 0 radical (unpaired) electrons. The van der Waals surface area contributed by atoms with E-state index in [2.05, 4.69) is 29.2 Å². The topological polar surface area (TPSA) is 20.3 Å². The van der Waals surface area contributed by atoms with Crippen molar-refractivity contribution in [3.8, 4) is 0 Å². The van der Waals surface area contributed by atoms with Gasteiger partial charge in [0, 0.05) is 6.42 Å². The lowest BCUT2D eigenvalue weighted by Gasteiger charge is -2.49. The van der Waals surface area contributed by atoms with Gasteiger partial charge in [0.05, 0.1) is 5.54 Å². The predicted molar refractivity (Wildman–Crippen MR) is 72.5 cm³/mol. The van der Waals surface area contributed by atoms with Gasteiger partial charge in [0.15, 0.2) is 5.78 Å². The molecule has 2 aliphatic heterocycles. The Hall–Kier alpha value is -1.15. The van der Waals surface area contributed by atoms with Crippen LogP contribution in [0.1, 0.15) is 37.7 Å². The molecular formula is C16H21NO. The summed E-state index contributed by atoms with van der Waals surface area (Å²) in [6.45, 7) is 2.22. The summed E-state index contributed by atoms with van der Waals surface area (Å²) < 4.78 is 0. The van der Waals surface area contributed by atoms with Crippen molar-refractivity contribution < 1.29 is 4.79 Å². The molecule has 1 aromatic rings. The zero-order valence-electron chi connectivity index (χ0n) is 10.9. The summed E-state index contributed by atoms with van der Waals surface area (Å²) in [6, 6.07) is 10.5. The van der Waals surface area contributed by atoms with E-state index in [4.69, 9.17) is 0 Å². The molecule has 0 saturated carbocycles. The van der Waals surface area contributed by atoms with E-state index >= 15 is 0 Å². The number of piperidine rings is 2. The Morgan fingerprint density at radius 3 is 2.67 bits per heavy atom. The van der Waals surface area contributed by atoms with E-state index in [0.717, 1.165) is 38.8 Å². The second kappa shape index (κ2) is 4.85. The number of rotatable bonds is 2. The summed E-state index contributed by atoms with van der Waals surface area (Å²) in [4.78, 5) is 15.0. The number of Topliss-reactive ketones (excluding diaryl/α,β-unsaturated/α-hetero) is 1. The molecule has 2 fully saturated rings. The molecule has 0 N–H and O–H groups in total. The number of hydrogen-bond acceptors (Lipinski definition) is 2. The molecule has 18 heavy (non-hydrogen) atoms. The lowest BCUT2D eigenvalue weighted by Crippen LogP contribution is -2.61. The molecule has 0 spiro atoms. The van der Waals surface area contributed by atoms with Gasteiger partial charge in [-0.25, -0.2) is 0 Å². The Morgan fingerprint density at radius 1 is 1.06 bits per heavy atom. The van der Waals surface area contributed by atoms with Crippen LogP contribution in [-0.4, -0.2) is 29.3 Å². The second-order valence-corrected chi connectivity index (χ2v) is 5.66. The normalized spacial score (nSPS) is 29.0. The standard InChI is InChI=1S/C16H21NO/c18-15-9-6-12-17-11-5-4-10-16(15,17)13-14-7-2-1-3-8-14/h1-3,7-8H,4-6,9-13H2. The van der Waals surface area contributed by atoms with Crippen molar-refractivity contribution in [3.05, 3.63) is 35.9 Å². The summed E-state index contributed by atoms with van der Waals surface area (Å²) >= 11 is 0. The first-order valence-electron chi connectivity index (χ1n) is 7.14. The van der Waals surface area contributed by atoms with Crippen LogP contribution in [0.25, 0.3) is 0 Å². The van der Waals surface area contributed by atoms with Gasteiger partial charge >= 0.3 is 0 Å². The van der Waals surface area contributed by atoms with Crippen molar-refractivity contribution in [2.45, 2.75) is 44.1 Å². The van der Waals surface area contributed by atoms with Crippen LogP contribution in [0.2, 0.25) is 0 Å². The maximum absolute atomic E-state index is 12.5. The minimum atomic E-state index is -0.169. The van der Waals surface area contributed by atoms with Crippen molar-refractivity contribution in [2.24, 2.45) is 0 Å². The van der Waals surface area contributed by atoms with Crippen molar-refractivity contribution in [1.82, 2.24) is 4.90 Å². The van der Waals surface area contributed by atoms with Crippen LogP contribution in [-0.2, 0) is 11.2 Å². The summed E-state index contributed by atoms with van der Waals surface area (Å²) in [5, 5.41) is 0. The van der Waals surface area contributed by atoms with Gasteiger partial charge in [-0.15, -0.1) is 0 Å². The van der Waals surface area contributed by atoms with Crippen LogP contribution in [0, 0.1) is 0 Å². The van der Waals surface area contributed by atoms with E-state index in [1.165, 1.54) is 18.4 Å². The third kappa shape index (κ3) is 1.99. The highest BCUT2D eigenvalue weighted by Crippen LogP contribution is 2.36. The largest absolute Gasteiger partial charge is 0.298 e. The van der Waals surface area contributed by atoms with E-state index in [1.54, 1.807) is 0 Å². The van der Waals surface area contributed by atoms with Gasteiger partial charge in [-0.05, 0) is 50.8 Å². The summed E-state index contributed by atoms with van der Waals surface area (Å²) in [7, 11) is 0. The lowest BCUT2D eigenvalue weighted by molar-refractivity contribution is -0.138. The van der Waals surface area contributed by atoms with E-state index in [9.17, 15) is 4.79 Å². The molecule has 3 rings (SSSR count). The van der Waals surface area contributed by atoms with Gasteiger partial charge in [0.2, 0.25) is 0 Å². The summed E-state index contributed by atoms with van der Waals surface area (Å²) in [5.74, 6) is 0.484. The zero-order valence-corrected chi connectivity index (χ0v) is 10.9. The molecule has 2 aliphatic rings. The highest BCUT2D eigenvalue weighted by atomic mass is 16.1. The van der Waals surface area contributed by atoms with E-state index < -0.39 is 0 Å². The van der Waals surface area contributed by atoms with Gasteiger partial charge in [-0.3, -0.25) is 9.69 Å². The Balaban J connectivity index is 1.90. The predicted octanol–water partition coefficient (Wildman–Crippen LogP) is 2.82. The highest BCUT2D eigenvalue weighted by Gasteiger charge is 2.46. The molecule has 2 saturated heterocycles. The average molecular weight is 243 g/mol. The molecule has 96 valence electrons. The van der Waals surface area contributed by atoms with Gasteiger partial charge in [0.25, 0.3) is 0 Å². The van der Waals surface area contributed by atoms with Crippen LogP contribution in [0.3, 0.4) is 0 Å². The first-order valence-corrected chi connectivity index (χ1v) is 7.14. The fourth-order valence-electron chi connectivity index (χ4n) is 3.63. The molecule has 2 heterocycles. The molecule has 0 bridgehead atoms. The van der Waals surface area contributed by atoms with Gasteiger partial charge in [-0.2, -0.15) is 0 Å². The third-order valence-electron chi connectivity index (χ3n) is 4.56. The van der Waals surface area contributed by atoms with Crippen molar-refractivity contribution >= 4 is 5.78 Å². The van der Waals surface area contributed by atoms with Crippen molar-refractivity contribution in [1.29, 1.82) is 0 Å². The molecule has 1 aromatic carbocycles.